The van der Waals surface area contributed by atoms with E-state index < -0.39 is 4.92 Å². The van der Waals surface area contributed by atoms with Crippen molar-refractivity contribution in [2.45, 2.75) is 26.7 Å². The molecule has 3 rings (SSSR count). The van der Waals surface area contributed by atoms with Crippen molar-refractivity contribution in [2.24, 2.45) is 0 Å². The summed E-state index contributed by atoms with van der Waals surface area (Å²) in [6.07, 6.45) is 2.21. The van der Waals surface area contributed by atoms with Crippen LogP contribution in [-0.2, 0) is 12.8 Å². The molecule has 0 N–H and O–H groups in total. The van der Waals surface area contributed by atoms with Gasteiger partial charge in [-0.1, -0.05) is 62.4 Å². The number of fused-ring (bicyclic) bond motifs is 2. The molecular formula is C17H21NO2. The minimum atomic E-state index is -0.500. The molecule has 0 saturated heterocycles. The normalized spacial score (nSPS) is 10.8. The average molecular weight is 271 g/mol. The fraction of sp³-hybridized carbons (Fsp3) is 0.294. The maximum absolute atomic E-state index is 8.81. The molecule has 3 nitrogen and oxygen atoms in total. The van der Waals surface area contributed by atoms with Gasteiger partial charge in [-0.25, -0.2) is 0 Å². The number of rotatable bonds is 0. The second-order valence-corrected chi connectivity index (χ2v) is 4.33. The largest absolute Gasteiger partial charge is 0.265 e. The third-order valence-electron chi connectivity index (χ3n) is 3.00. The predicted octanol–water partition coefficient (Wildman–Crippen LogP) is 4.10. The van der Waals surface area contributed by atoms with Crippen molar-refractivity contribution in [1.29, 1.82) is 0 Å². The van der Waals surface area contributed by atoms with E-state index in [1.54, 1.807) is 0 Å². The van der Waals surface area contributed by atoms with Crippen LogP contribution in [0.2, 0.25) is 0 Å². The molecule has 0 atom stereocenters. The second kappa shape index (κ2) is 8.10. The first kappa shape index (κ1) is 15.9. The van der Waals surface area contributed by atoms with E-state index in [2.05, 4.69) is 48.5 Å². The average Bonchev–Trinajstić information content (AvgIpc) is 2.46. The molecule has 2 aromatic rings. The zero-order chi connectivity index (χ0) is 15.0. The lowest BCUT2D eigenvalue weighted by Gasteiger charge is -2.18. The minimum Gasteiger partial charge on any atom is -0.265 e. The van der Waals surface area contributed by atoms with Crippen molar-refractivity contribution in [2.75, 3.05) is 7.05 Å². The van der Waals surface area contributed by atoms with Crippen molar-refractivity contribution in [3.8, 4) is 0 Å². The zero-order valence-corrected chi connectivity index (χ0v) is 12.3. The van der Waals surface area contributed by atoms with E-state index in [0.29, 0.717) is 0 Å². The second-order valence-electron chi connectivity index (χ2n) is 4.33. The van der Waals surface area contributed by atoms with E-state index in [9.17, 15) is 0 Å². The molecule has 106 valence electrons. The molecule has 0 aliphatic heterocycles. The summed E-state index contributed by atoms with van der Waals surface area (Å²) >= 11 is 0. The molecule has 0 aromatic heterocycles. The summed E-state index contributed by atoms with van der Waals surface area (Å²) < 4.78 is 0. The molecule has 0 saturated carbocycles. The van der Waals surface area contributed by atoms with Gasteiger partial charge in [-0.2, -0.15) is 0 Å². The Kier molecular flexibility index (Phi) is 6.44. The maximum Gasteiger partial charge on any atom is 0.194 e. The van der Waals surface area contributed by atoms with Gasteiger partial charge in [0.25, 0.3) is 0 Å². The van der Waals surface area contributed by atoms with Crippen LogP contribution in [-0.4, -0.2) is 12.0 Å². The van der Waals surface area contributed by atoms with Gasteiger partial charge >= 0.3 is 0 Å². The molecule has 0 spiro atoms. The molecule has 3 heteroatoms. The minimum absolute atomic E-state index is 0.500. The van der Waals surface area contributed by atoms with Crippen LogP contribution in [0, 0.1) is 10.1 Å². The summed E-state index contributed by atoms with van der Waals surface area (Å²) in [4.78, 5) is 8.31. The first-order valence-electron chi connectivity index (χ1n) is 6.88. The van der Waals surface area contributed by atoms with E-state index >= 15 is 0 Å². The van der Waals surface area contributed by atoms with Crippen molar-refractivity contribution in [1.82, 2.24) is 0 Å². The number of benzene rings is 2. The van der Waals surface area contributed by atoms with Crippen LogP contribution in [0.25, 0.3) is 0 Å². The molecule has 0 heterocycles. The van der Waals surface area contributed by atoms with Crippen LogP contribution >= 0.6 is 0 Å². The first-order valence-corrected chi connectivity index (χ1v) is 6.88. The van der Waals surface area contributed by atoms with Gasteiger partial charge in [0.2, 0.25) is 0 Å². The highest BCUT2D eigenvalue weighted by Gasteiger charge is 2.12. The molecule has 2 aromatic carbocycles. The van der Waals surface area contributed by atoms with Crippen LogP contribution in [0.15, 0.2) is 48.5 Å². The summed E-state index contributed by atoms with van der Waals surface area (Å²) in [6, 6.07) is 17.5. The zero-order valence-electron chi connectivity index (χ0n) is 12.3. The predicted molar refractivity (Wildman–Crippen MR) is 82.8 cm³/mol. The molecule has 0 fully saturated rings. The summed E-state index contributed by atoms with van der Waals surface area (Å²) in [5.41, 5.74) is 5.97. The van der Waals surface area contributed by atoms with Gasteiger partial charge in [0.15, 0.2) is 7.05 Å². The fourth-order valence-electron chi connectivity index (χ4n) is 2.22. The third kappa shape index (κ3) is 4.50. The Morgan fingerprint density at radius 1 is 0.800 bits per heavy atom. The van der Waals surface area contributed by atoms with Gasteiger partial charge in [0.1, 0.15) is 0 Å². The molecule has 1 aliphatic rings. The molecule has 1 aliphatic carbocycles. The topological polar surface area (TPSA) is 43.1 Å². The number of nitrogens with zero attached hydrogens (tertiary/aromatic N) is 1. The quantitative estimate of drug-likeness (QED) is 0.456. The highest BCUT2D eigenvalue weighted by molar-refractivity contribution is 5.44. The van der Waals surface area contributed by atoms with Gasteiger partial charge in [-0.15, -0.1) is 0 Å². The van der Waals surface area contributed by atoms with E-state index in [-0.39, 0.29) is 0 Å². The highest BCUT2D eigenvalue weighted by Crippen LogP contribution is 2.26. The van der Waals surface area contributed by atoms with Gasteiger partial charge in [0.05, 0.1) is 0 Å². The lowest BCUT2D eigenvalue weighted by molar-refractivity contribution is -0.445. The lowest BCUT2D eigenvalue weighted by Crippen LogP contribution is -2.06. The fourth-order valence-corrected chi connectivity index (χ4v) is 2.22. The van der Waals surface area contributed by atoms with Gasteiger partial charge in [-0.05, 0) is 35.1 Å². The summed E-state index contributed by atoms with van der Waals surface area (Å²) in [6.45, 7) is 4.00. The first-order chi connectivity index (χ1) is 9.66. The van der Waals surface area contributed by atoms with Crippen LogP contribution in [0.1, 0.15) is 36.1 Å². The number of nitro groups is 1. The Morgan fingerprint density at radius 3 is 1.20 bits per heavy atom. The van der Waals surface area contributed by atoms with Gasteiger partial charge in [-0.3, -0.25) is 10.1 Å². The monoisotopic (exact) mass is 271 g/mol. The number of hydrogen-bond acceptors (Lipinski definition) is 2. The Bertz CT molecular complexity index is 473. The Labute approximate surface area is 120 Å². The van der Waals surface area contributed by atoms with E-state index in [4.69, 9.17) is 10.1 Å². The van der Waals surface area contributed by atoms with Gasteiger partial charge < -0.3 is 0 Å². The summed E-state index contributed by atoms with van der Waals surface area (Å²) in [5, 5.41) is 8.81. The van der Waals surface area contributed by atoms with Gasteiger partial charge in [0, 0.05) is 4.92 Å². The van der Waals surface area contributed by atoms with Crippen LogP contribution < -0.4 is 0 Å². The molecule has 20 heavy (non-hydrogen) atoms. The van der Waals surface area contributed by atoms with Crippen LogP contribution in [0.5, 0.6) is 0 Å². The standard InChI is InChI=1S/C14H12.C2H6.CH3NO2/c1-2-6-12-10-14-8-4-3-7-13(14)9-11(12)5-1;1-2;1-2(3)4/h1-8H,9-10H2;1-2H3;1H3. The highest BCUT2D eigenvalue weighted by atomic mass is 16.6. The summed E-state index contributed by atoms with van der Waals surface area (Å²) in [5.74, 6) is 0. The van der Waals surface area contributed by atoms with Crippen LogP contribution in [0.3, 0.4) is 0 Å². The smallest absolute Gasteiger partial charge is 0.194 e. The molecular weight excluding hydrogens is 250 g/mol. The van der Waals surface area contributed by atoms with Crippen molar-refractivity contribution < 1.29 is 4.92 Å². The van der Waals surface area contributed by atoms with E-state index in [1.807, 2.05) is 13.8 Å². The van der Waals surface area contributed by atoms with Crippen LogP contribution in [0.4, 0.5) is 0 Å². The summed E-state index contributed by atoms with van der Waals surface area (Å²) in [7, 11) is 0.889. The molecule has 0 unspecified atom stereocenters. The molecule has 0 bridgehead atoms. The third-order valence-corrected chi connectivity index (χ3v) is 3.00. The molecule has 0 radical (unpaired) electrons. The molecule has 0 amide bonds. The Hall–Kier alpha value is -2.16. The SMILES string of the molecule is CC.C[N+](=O)[O-].c1ccc2c(c1)Cc1ccccc1C2. The van der Waals surface area contributed by atoms with Crippen molar-refractivity contribution in [3.05, 3.63) is 80.9 Å². The lowest BCUT2D eigenvalue weighted by atomic mass is 9.86. The number of hydrogen-bond donors (Lipinski definition) is 0. The van der Waals surface area contributed by atoms with E-state index in [1.165, 1.54) is 22.3 Å². The van der Waals surface area contributed by atoms with Crippen molar-refractivity contribution >= 4 is 0 Å². The Balaban J connectivity index is 0.000000291. The van der Waals surface area contributed by atoms with Crippen molar-refractivity contribution in [3.63, 3.8) is 0 Å². The maximum atomic E-state index is 8.81. The Morgan fingerprint density at radius 2 is 1.00 bits per heavy atom. The van der Waals surface area contributed by atoms with E-state index in [0.717, 1.165) is 19.9 Å².